The fourth-order valence-corrected chi connectivity index (χ4v) is 4.58. The molecule has 0 saturated carbocycles. The van der Waals surface area contributed by atoms with Gasteiger partial charge in [-0.15, -0.1) is 0 Å². The molecule has 2 atom stereocenters. The number of hydrogen-bond donors (Lipinski definition) is 0. The zero-order valence-electron chi connectivity index (χ0n) is 22.4. The molecular weight excluding hydrogens is 480 g/mol. The molecule has 0 N–H and O–H groups in total. The molecule has 1 amide bonds. The molecule has 1 fully saturated rings. The summed E-state index contributed by atoms with van der Waals surface area (Å²) in [5.41, 5.74) is 1.89. The van der Waals surface area contributed by atoms with Crippen molar-refractivity contribution in [2.45, 2.75) is 58.2 Å². The average Bonchev–Trinajstić information content (AvgIpc) is 3.35. The minimum atomic E-state index is -0.533. The van der Waals surface area contributed by atoms with Crippen molar-refractivity contribution in [1.82, 2.24) is 4.90 Å². The van der Waals surface area contributed by atoms with Gasteiger partial charge in [0.1, 0.15) is 17.5 Å². The van der Waals surface area contributed by atoms with Crippen molar-refractivity contribution in [3.63, 3.8) is 0 Å². The van der Waals surface area contributed by atoms with Crippen LogP contribution in [0.25, 0.3) is 15.6 Å². The van der Waals surface area contributed by atoms with Crippen LogP contribution in [-0.4, -0.2) is 48.4 Å². The predicted octanol–water partition coefficient (Wildman–Crippen LogP) is 6.67. The molecule has 0 aliphatic carbocycles. The van der Waals surface area contributed by atoms with E-state index in [9.17, 15) is 9.59 Å². The van der Waals surface area contributed by atoms with Crippen molar-refractivity contribution in [3.8, 4) is 5.75 Å². The Morgan fingerprint density at radius 3 is 2.47 bits per heavy atom. The fraction of sp³-hybridized carbons (Fsp3) is 0.387. The Balaban J connectivity index is 1.45. The highest BCUT2D eigenvalue weighted by molar-refractivity contribution is 5.87. The van der Waals surface area contributed by atoms with Crippen LogP contribution in [0.4, 0.5) is 10.5 Å². The first-order valence-electron chi connectivity index (χ1n) is 13.0. The Hall–Kier alpha value is -4.05. The lowest BCUT2D eigenvalue weighted by atomic mass is 9.91. The van der Waals surface area contributed by atoms with E-state index in [1.165, 1.54) is 0 Å². The van der Waals surface area contributed by atoms with Crippen molar-refractivity contribution < 1.29 is 23.8 Å². The number of ether oxygens (including phenoxy) is 3. The first-order valence-corrected chi connectivity index (χ1v) is 13.0. The molecule has 198 valence electrons. The van der Waals surface area contributed by atoms with Crippen molar-refractivity contribution >= 4 is 28.5 Å². The first kappa shape index (κ1) is 27.0. The zero-order valence-corrected chi connectivity index (χ0v) is 22.4. The minimum absolute atomic E-state index is 0.118. The van der Waals surface area contributed by atoms with Crippen LogP contribution in [0.3, 0.4) is 0 Å². The summed E-state index contributed by atoms with van der Waals surface area (Å²) in [6.07, 6.45) is 0.760. The smallest absolute Gasteiger partial charge is 0.410 e. The molecule has 1 unspecified atom stereocenters. The van der Waals surface area contributed by atoms with Gasteiger partial charge in [-0.25, -0.2) is 9.64 Å². The van der Waals surface area contributed by atoms with Crippen LogP contribution in [0.15, 0.2) is 60.7 Å². The Morgan fingerprint density at radius 2 is 1.79 bits per heavy atom. The third-order valence-corrected chi connectivity index (χ3v) is 6.41. The number of amides is 1. The van der Waals surface area contributed by atoms with E-state index in [-0.39, 0.29) is 18.2 Å². The monoisotopic (exact) mass is 514 g/mol. The highest BCUT2D eigenvalue weighted by atomic mass is 16.6. The van der Waals surface area contributed by atoms with E-state index in [1.54, 1.807) is 17.9 Å². The number of rotatable bonds is 7. The van der Waals surface area contributed by atoms with Gasteiger partial charge in [0, 0.05) is 13.0 Å². The van der Waals surface area contributed by atoms with E-state index in [1.807, 2.05) is 75.4 Å². The Kier molecular flexibility index (Phi) is 8.21. The van der Waals surface area contributed by atoms with Crippen molar-refractivity contribution in [2.24, 2.45) is 0 Å². The summed E-state index contributed by atoms with van der Waals surface area (Å²) in [4.78, 5) is 30.5. The second kappa shape index (κ2) is 11.6. The normalized spacial score (nSPS) is 16.1. The molecule has 1 saturated heterocycles. The van der Waals surface area contributed by atoms with E-state index in [4.69, 9.17) is 20.8 Å². The van der Waals surface area contributed by atoms with Crippen molar-refractivity contribution in [2.75, 3.05) is 19.7 Å². The van der Waals surface area contributed by atoms with Gasteiger partial charge in [-0.3, -0.25) is 4.79 Å². The van der Waals surface area contributed by atoms with Gasteiger partial charge in [0.15, 0.2) is 5.69 Å². The van der Waals surface area contributed by atoms with E-state index in [2.05, 4.69) is 4.85 Å². The molecule has 0 bridgehead atoms. The number of nitrogens with zero attached hydrogens (tertiary/aromatic N) is 2. The fourth-order valence-electron chi connectivity index (χ4n) is 4.58. The van der Waals surface area contributed by atoms with E-state index in [0.717, 1.165) is 28.3 Å². The summed E-state index contributed by atoms with van der Waals surface area (Å²) in [5, 5.41) is 2.02. The maximum atomic E-state index is 12.9. The topological polar surface area (TPSA) is 69.4 Å². The van der Waals surface area contributed by atoms with Gasteiger partial charge < -0.3 is 19.1 Å². The number of benzene rings is 3. The highest BCUT2D eigenvalue weighted by Gasteiger charge is 2.31. The summed E-state index contributed by atoms with van der Waals surface area (Å²) in [7, 11) is 0. The predicted molar refractivity (Wildman–Crippen MR) is 147 cm³/mol. The molecule has 1 aliphatic rings. The molecule has 3 aromatic carbocycles. The second-order valence-electron chi connectivity index (χ2n) is 10.5. The number of likely N-dealkylation sites (tertiary alicyclic amines) is 1. The molecule has 0 aromatic heterocycles. The first-order chi connectivity index (χ1) is 18.1. The quantitative estimate of drug-likeness (QED) is 0.260. The Labute approximate surface area is 224 Å². The maximum absolute atomic E-state index is 12.9. The third kappa shape index (κ3) is 6.83. The van der Waals surface area contributed by atoms with Crippen molar-refractivity contribution in [3.05, 3.63) is 83.2 Å². The van der Waals surface area contributed by atoms with Gasteiger partial charge in [0.2, 0.25) is 0 Å². The van der Waals surface area contributed by atoms with Gasteiger partial charge in [0.05, 0.1) is 25.6 Å². The third-order valence-electron chi connectivity index (χ3n) is 6.41. The SMILES string of the molecule is [C-]#[N+]c1ccc2ccc(C[C@H](C(=O)OCC)c3ccc(OC4CCN(C(=O)OC(C)(C)C)C4)cc3)cc2c1. The molecule has 0 radical (unpaired) electrons. The van der Waals surface area contributed by atoms with Gasteiger partial charge in [-0.1, -0.05) is 42.5 Å². The standard InChI is InChI=1S/C31H34N2O5/c1-6-36-29(34)28(18-21-7-8-22-9-12-25(32-5)19-24(22)17-21)23-10-13-26(14-11-23)37-27-15-16-33(20-27)30(35)38-31(2,3)4/h7-14,17,19,27-28H,6,15-16,18,20H2,1-4H3/t27?,28-/m0/s1. The number of hydrogen-bond acceptors (Lipinski definition) is 5. The maximum Gasteiger partial charge on any atom is 0.410 e. The van der Waals surface area contributed by atoms with Crippen LogP contribution in [0, 0.1) is 6.57 Å². The largest absolute Gasteiger partial charge is 0.489 e. The molecule has 1 heterocycles. The molecule has 1 aliphatic heterocycles. The summed E-state index contributed by atoms with van der Waals surface area (Å²) < 4.78 is 17.0. The summed E-state index contributed by atoms with van der Waals surface area (Å²) in [6, 6.07) is 19.2. The zero-order chi connectivity index (χ0) is 27.3. The van der Waals surface area contributed by atoms with Crippen LogP contribution in [0.1, 0.15) is 51.2 Å². The Morgan fingerprint density at radius 1 is 1.05 bits per heavy atom. The van der Waals surface area contributed by atoms with Gasteiger partial charge >= 0.3 is 12.1 Å². The number of esters is 1. The van der Waals surface area contributed by atoms with Gasteiger partial charge in [0.25, 0.3) is 0 Å². The molecule has 7 heteroatoms. The molecule has 4 rings (SSSR count). The van der Waals surface area contributed by atoms with E-state index in [0.29, 0.717) is 37.6 Å². The van der Waals surface area contributed by atoms with Crippen molar-refractivity contribution in [1.29, 1.82) is 0 Å². The highest BCUT2D eigenvalue weighted by Crippen LogP contribution is 2.29. The van der Waals surface area contributed by atoms with Gasteiger partial charge in [-0.2, -0.15) is 0 Å². The van der Waals surface area contributed by atoms with E-state index < -0.39 is 11.5 Å². The summed E-state index contributed by atoms with van der Waals surface area (Å²) in [6.45, 7) is 16.0. The van der Waals surface area contributed by atoms with Crippen LogP contribution in [0.2, 0.25) is 0 Å². The lowest BCUT2D eigenvalue weighted by Crippen LogP contribution is -2.36. The number of carbonyl (C=O) groups is 2. The molecule has 3 aromatic rings. The summed E-state index contributed by atoms with van der Waals surface area (Å²) in [5.74, 6) is -0.0654. The second-order valence-corrected chi connectivity index (χ2v) is 10.5. The molecule has 38 heavy (non-hydrogen) atoms. The number of fused-ring (bicyclic) bond motifs is 1. The van der Waals surface area contributed by atoms with Crippen LogP contribution in [-0.2, 0) is 20.7 Å². The minimum Gasteiger partial charge on any atom is -0.489 e. The number of carbonyl (C=O) groups excluding carboxylic acids is 2. The average molecular weight is 515 g/mol. The van der Waals surface area contributed by atoms with E-state index >= 15 is 0 Å². The molecule has 0 spiro atoms. The lowest BCUT2D eigenvalue weighted by Gasteiger charge is -2.24. The summed E-state index contributed by atoms with van der Waals surface area (Å²) >= 11 is 0. The van der Waals surface area contributed by atoms with Crippen LogP contribution in [0.5, 0.6) is 5.75 Å². The van der Waals surface area contributed by atoms with Gasteiger partial charge in [-0.05, 0) is 74.2 Å². The van der Waals surface area contributed by atoms with Crippen LogP contribution < -0.4 is 4.74 Å². The lowest BCUT2D eigenvalue weighted by molar-refractivity contribution is -0.144. The van der Waals surface area contributed by atoms with Crippen LogP contribution >= 0.6 is 0 Å². The Bertz CT molecular complexity index is 1340. The molecular formula is C31H34N2O5. The molecule has 7 nitrogen and oxygen atoms in total.